The van der Waals surface area contributed by atoms with Crippen LogP contribution in [0.1, 0.15) is 59.4 Å². The standard InChI is InChI=1S/C27H27FN2O3S/c1-18(31)19-8-6-11-21(16-19)30(25(32)17-22-12-7-15-34-22)26(23-13-4-5-14-24(23)28)27(33)29-20-9-2-3-10-20/h4-8,11-16,20,26H,2-3,9-10,17H2,1H3,(H,29,33). The van der Waals surface area contributed by atoms with Gasteiger partial charge >= 0.3 is 0 Å². The summed E-state index contributed by atoms with van der Waals surface area (Å²) in [5.41, 5.74) is 0.907. The van der Waals surface area contributed by atoms with Crippen molar-refractivity contribution in [1.29, 1.82) is 0 Å². The predicted molar refractivity (Wildman–Crippen MR) is 131 cm³/mol. The predicted octanol–water partition coefficient (Wildman–Crippen LogP) is 5.47. The van der Waals surface area contributed by atoms with Gasteiger partial charge in [0, 0.05) is 27.7 Å². The molecule has 5 nitrogen and oxygen atoms in total. The van der Waals surface area contributed by atoms with Crippen molar-refractivity contribution in [3.05, 3.63) is 87.9 Å². The van der Waals surface area contributed by atoms with Crippen LogP contribution < -0.4 is 10.2 Å². The molecule has 1 aliphatic rings. The minimum absolute atomic E-state index is 0.000393. The van der Waals surface area contributed by atoms with Crippen LogP contribution in [0.5, 0.6) is 0 Å². The lowest BCUT2D eigenvalue weighted by Crippen LogP contribution is -2.47. The van der Waals surface area contributed by atoms with E-state index >= 15 is 4.39 Å². The zero-order valence-corrected chi connectivity index (χ0v) is 19.8. The maximum Gasteiger partial charge on any atom is 0.248 e. The Morgan fingerprint density at radius 2 is 1.82 bits per heavy atom. The lowest BCUT2D eigenvalue weighted by atomic mass is 10.0. The number of rotatable bonds is 8. The van der Waals surface area contributed by atoms with E-state index in [1.807, 2.05) is 17.5 Å². The second-order valence-corrected chi connectivity index (χ2v) is 9.57. The Hall–Kier alpha value is -3.32. The van der Waals surface area contributed by atoms with Gasteiger partial charge in [0.25, 0.3) is 0 Å². The first-order valence-electron chi connectivity index (χ1n) is 11.4. The second kappa shape index (κ2) is 10.7. The molecule has 0 radical (unpaired) electrons. The number of hydrogen-bond donors (Lipinski definition) is 1. The monoisotopic (exact) mass is 478 g/mol. The quantitative estimate of drug-likeness (QED) is 0.437. The number of amides is 2. The van der Waals surface area contributed by atoms with E-state index < -0.39 is 17.8 Å². The van der Waals surface area contributed by atoms with Crippen LogP contribution in [0.4, 0.5) is 10.1 Å². The summed E-state index contributed by atoms with van der Waals surface area (Å²) in [5.74, 6) is -1.50. The molecule has 1 saturated carbocycles. The molecule has 7 heteroatoms. The molecule has 1 heterocycles. The summed E-state index contributed by atoms with van der Waals surface area (Å²) in [6, 6.07) is 15.1. The number of halogens is 1. The van der Waals surface area contributed by atoms with E-state index in [9.17, 15) is 14.4 Å². The molecular weight excluding hydrogens is 451 g/mol. The summed E-state index contributed by atoms with van der Waals surface area (Å²) in [6.45, 7) is 1.44. The van der Waals surface area contributed by atoms with Crippen molar-refractivity contribution in [2.75, 3.05) is 4.90 Å². The summed E-state index contributed by atoms with van der Waals surface area (Å²) in [7, 11) is 0. The van der Waals surface area contributed by atoms with Crippen LogP contribution in [0.15, 0.2) is 66.0 Å². The molecule has 1 unspecified atom stereocenters. The summed E-state index contributed by atoms with van der Waals surface area (Å²) in [4.78, 5) is 41.6. The van der Waals surface area contributed by atoms with Gasteiger partial charge in [-0.25, -0.2) is 4.39 Å². The molecule has 0 spiro atoms. The summed E-state index contributed by atoms with van der Waals surface area (Å²) >= 11 is 1.44. The van der Waals surface area contributed by atoms with Crippen molar-refractivity contribution in [3.8, 4) is 0 Å². The van der Waals surface area contributed by atoms with E-state index in [2.05, 4.69) is 5.32 Å². The number of hydrogen-bond acceptors (Lipinski definition) is 4. The molecule has 1 N–H and O–H groups in total. The Morgan fingerprint density at radius 3 is 2.50 bits per heavy atom. The molecule has 4 rings (SSSR count). The highest BCUT2D eigenvalue weighted by atomic mass is 32.1. The number of carbonyl (C=O) groups excluding carboxylic acids is 3. The highest BCUT2D eigenvalue weighted by molar-refractivity contribution is 7.10. The molecule has 176 valence electrons. The van der Waals surface area contributed by atoms with E-state index in [0.717, 1.165) is 30.6 Å². The molecule has 2 amide bonds. The minimum Gasteiger partial charge on any atom is -0.351 e. The van der Waals surface area contributed by atoms with Gasteiger partial charge in [0.2, 0.25) is 11.8 Å². The van der Waals surface area contributed by atoms with E-state index in [1.165, 1.54) is 35.3 Å². The van der Waals surface area contributed by atoms with Gasteiger partial charge in [-0.1, -0.05) is 49.2 Å². The van der Waals surface area contributed by atoms with Gasteiger partial charge in [-0.05, 0) is 49.4 Å². The first kappa shape index (κ1) is 23.8. The molecular formula is C27H27FN2O3S. The molecule has 0 aliphatic heterocycles. The highest BCUT2D eigenvalue weighted by Crippen LogP contribution is 2.32. The van der Waals surface area contributed by atoms with Gasteiger partial charge in [0.05, 0.1) is 6.42 Å². The van der Waals surface area contributed by atoms with Gasteiger partial charge in [-0.2, -0.15) is 0 Å². The highest BCUT2D eigenvalue weighted by Gasteiger charge is 2.36. The fourth-order valence-corrected chi connectivity index (χ4v) is 5.10. The Balaban J connectivity index is 1.81. The number of thiophene rings is 1. The maximum absolute atomic E-state index is 15.1. The zero-order chi connectivity index (χ0) is 24.1. The van der Waals surface area contributed by atoms with Crippen LogP contribution in [-0.2, 0) is 16.0 Å². The third-order valence-electron chi connectivity index (χ3n) is 6.11. The van der Waals surface area contributed by atoms with Crippen molar-refractivity contribution in [3.63, 3.8) is 0 Å². The third-order valence-corrected chi connectivity index (χ3v) is 6.99. The van der Waals surface area contributed by atoms with Crippen molar-refractivity contribution < 1.29 is 18.8 Å². The topological polar surface area (TPSA) is 66.5 Å². The molecule has 0 bridgehead atoms. The van der Waals surface area contributed by atoms with E-state index in [0.29, 0.717) is 11.3 Å². The largest absolute Gasteiger partial charge is 0.351 e. The molecule has 2 aromatic carbocycles. The van der Waals surface area contributed by atoms with Crippen LogP contribution in [0.3, 0.4) is 0 Å². The summed E-state index contributed by atoms with van der Waals surface area (Å²) in [6.07, 6.45) is 3.83. The number of nitrogens with zero attached hydrogens (tertiary/aromatic N) is 1. The number of nitrogens with one attached hydrogen (secondary N) is 1. The van der Waals surface area contributed by atoms with Crippen molar-refractivity contribution >= 4 is 34.6 Å². The summed E-state index contributed by atoms with van der Waals surface area (Å²) < 4.78 is 15.1. The third kappa shape index (κ3) is 5.42. The summed E-state index contributed by atoms with van der Waals surface area (Å²) in [5, 5.41) is 4.92. The smallest absolute Gasteiger partial charge is 0.248 e. The first-order chi connectivity index (χ1) is 16.4. The molecule has 34 heavy (non-hydrogen) atoms. The molecule has 1 fully saturated rings. The number of anilines is 1. The Morgan fingerprint density at radius 1 is 1.06 bits per heavy atom. The van der Waals surface area contributed by atoms with Crippen molar-refractivity contribution in [1.82, 2.24) is 5.32 Å². The van der Waals surface area contributed by atoms with Crippen LogP contribution in [-0.4, -0.2) is 23.6 Å². The van der Waals surface area contributed by atoms with Gasteiger partial charge in [0.15, 0.2) is 5.78 Å². The number of Topliss-reactive ketones (excluding diaryl/α,β-unsaturated/α-hetero) is 1. The number of carbonyl (C=O) groups is 3. The fourth-order valence-electron chi connectivity index (χ4n) is 4.40. The van der Waals surface area contributed by atoms with E-state index in [-0.39, 0.29) is 29.7 Å². The number of benzene rings is 2. The average Bonchev–Trinajstić information content (AvgIpc) is 3.52. The van der Waals surface area contributed by atoms with Gasteiger partial charge in [0.1, 0.15) is 11.9 Å². The Kier molecular flexibility index (Phi) is 7.53. The molecule has 1 atom stereocenters. The second-order valence-electron chi connectivity index (χ2n) is 8.54. The molecule has 3 aromatic rings. The number of ketones is 1. The zero-order valence-electron chi connectivity index (χ0n) is 19.0. The van der Waals surface area contributed by atoms with Crippen LogP contribution in [0, 0.1) is 5.82 Å². The average molecular weight is 479 g/mol. The van der Waals surface area contributed by atoms with Gasteiger partial charge < -0.3 is 5.32 Å². The SMILES string of the molecule is CC(=O)c1cccc(N(C(=O)Cc2cccs2)C(C(=O)NC2CCCC2)c2ccccc2F)c1. The van der Waals surface area contributed by atoms with Crippen LogP contribution >= 0.6 is 11.3 Å². The van der Waals surface area contributed by atoms with Gasteiger partial charge in [-0.15, -0.1) is 11.3 Å². The lowest BCUT2D eigenvalue weighted by molar-refractivity contribution is -0.127. The van der Waals surface area contributed by atoms with E-state index in [4.69, 9.17) is 0 Å². The first-order valence-corrected chi connectivity index (χ1v) is 12.3. The van der Waals surface area contributed by atoms with Crippen molar-refractivity contribution in [2.24, 2.45) is 0 Å². The Bertz CT molecular complexity index is 1170. The van der Waals surface area contributed by atoms with E-state index in [1.54, 1.807) is 36.4 Å². The van der Waals surface area contributed by atoms with Crippen LogP contribution in [0.25, 0.3) is 0 Å². The Labute approximate surface area is 202 Å². The van der Waals surface area contributed by atoms with Crippen molar-refractivity contribution in [2.45, 2.75) is 51.1 Å². The molecule has 1 aromatic heterocycles. The maximum atomic E-state index is 15.1. The van der Waals surface area contributed by atoms with Crippen LogP contribution in [0.2, 0.25) is 0 Å². The fraction of sp³-hybridized carbons (Fsp3) is 0.296. The molecule has 0 saturated heterocycles. The van der Waals surface area contributed by atoms with Gasteiger partial charge in [-0.3, -0.25) is 19.3 Å². The lowest BCUT2D eigenvalue weighted by Gasteiger charge is -2.32. The minimum atomic E-state index is -1.21. The normalized spacial score (nSPS) is 14.5. The molecule has 1 aliphatic carbocycles.